The number of hydrogen-bond acceptors (Lipinski definition) is 1. The zero-order valence-electron chi connectivity index (χ0n) is 16.7. The molecule has 4 aromatic carbocycles. The fourth-order valence-corrected chi connectivity index (χ4v) is 4.19. The Morgan fingerprint density at radius 1 is 0.969 bits per heavy atom. The fraction of sp³-hybridized carbons (Fsp3) is 0.0385. The Hall–Kier alpha value is -3.70. The van der Waals surface area contributed by atoms with E-state index in [9.17, 15) is 13.6 Å². The Kier molecular flexibility index (Phi) is 4.91. The zero-order valence-corrected chi connectivity index (χ0v) is 17.5. The van der Waals surface area contributed by atoms with Gasteiger partial charge < -0.3 is 10.3 Å². The first-order valence-corrected chi connectivity index (χ1v) is 10.3. The average molecular weight is 446 g/mol. The number of carbonyl (C=O) groups excluding carboxylic acids is 1. The third-order valence-corrected chi connectivity index (χ3v) is 5.83. The van der Waals surface area contributed by atoms with Crippen molar-refractivity contribution in [2.75, 3.05) is 0 Å². The highest BCUT2D eigenvalue weighted by Crippen LogP contribution is 2.35. The van der Waals surface area contributed by atoms with Gasteiger partial charge >= 0.3 is 0 Å². The molecular formula is C26H16ClF2N2O. The number of primary amides is 1. The molecule has 0 unspecified atom stereocenters. The van der Waals surface area contributed by atoms with E-state index in [1.165, 1.54) is 12.1 Å². The molecule has 1 heterocycles. The van der Waals surface area contributed by atoms with Gasteiger partial charge in [-0.3, -0.25) is 4.79 Å². The number of amides is 1. The summed E-state index contributed by atoms with van der Waals surface area (Å²) in [5.74, 6) is -1.83. The number of nitrogens with two attached hydrogens (primary N) is 1. The van der Waals surface area contributed by atoms with Crippen molar-refractivity contribution in [3.63, 3.8) is 0 Å². The molecule has 3 nitrogen and oxygen atoms in total. The molecule has 157 valence electrons. The minimum Gasteiger partial charge on any atom is -0.366 e. The molecule has 0 saturated heterocycles. The first kappa shape index (κ1) is 20.2. The van der Waals surface area contributed by atoms with E-state index in [1.807, 2.05) is 34.9 Å². The van der Waals surface area contributed by atoms with Crippen LogP contribution in [0.25, 0.3) is 32.9 Å². The predicted molar refractivity (Wildman–Crippen MR) is 123 cm³/mol. The van der Waals surface area contributed by atoms with Gasteiger partial charge in [0.15, 0.2) is 0 Å². The van der Waals surface area contributed by atoms with Gasteiger partial charge in [-0.15, -0.1) is 0 Å². The van der Waals surface area contributed by atoms with Crippen LogP contribution in [0.5, 0.6) is 0 Å². The highest BCUT2D eigenvalue weighted by Gasteiger charge is 2.18. The van der Waals surface area contributed by atoms with E-state index in [-0.39, 0.29) is 6.54 Å². The van der Waals surface area contributed by atoms with Gasteiger partial charge in [0.25, 0.3) is 0 Å². The Labute approximate surface area is 187 Å². The minimum atomic E-state index is -0.636. The lowest BCUT2D eigenvalue weighted by atomic mass is 10.0. The van der Waals surface area contributed by atoms with Crippen LogP contribution in [-0.4, -0.2) is 10.5 Å². The Morgan fingerprint density at radius 3 is 2.47 bits per heavy atom. The van der Waals surface area contributed by atoms with Gasteiger partial charge in [-0.05, 0) is 59.7 Å². The standard InChI is InChI=1S/C26H16ClF2N2O/c27-18-8-4-15(5-9-18)16-7-11-20-24(12-16)31(14-17-6-10-19(28)13-22(17)29)23-3-1-2-21(25(20)23)26(30)32/h1-10,12-13H,14H2,(H2,30,32). The van der Waals surface area contributed by atoms with E-state index < -0.39 is 17.5 Å². The lowest BCUT2D eigenvalue weighted by molar-refractivity contribution is 0.100. The zero-order chi connectivity index (χ0) is 22.4. The highest BCUT2D eigenvalue weighted by atomic mass is 35.5. The van der Waals surface area contributed by atoms with Crippen LogP contribution in [0.2, 0.25) is 5.02 Å². The topological polar surface area (TPSA) is 48.0 Å². The maximum atomic E-state index is 14.5. The molecule has 1 aromatic heterocycles. The van der Waals surface area contributed by atoms with E-state index in [4.69, 9.17) is 17.3 Å². The molecule has 6 heteroatoms. The van der Waals surface area contributed by atoms with Crippen molar-refractivity contribution in [2.45, 2.75) is 6.54 Å². The number of nitrogens with zero attached hydrogens (tertiary/aromatic N) is 1. The number of fused-ring (bicyclic) bond motifs is 3. The second-order valence-electron chi connectivity index (χ2n) is 7.54. The summed E-state index contributed by atoms with van der Waals surface area (Å²) >= 11 is 6.02. The first-order chi connectivity index (χ1) is 15.4. The molecule has 0 atom stereocenters. The molecule has 0 aliphatic rings. The molecule has 5 rings (SSSR count). The first-order valence-electron chi connectivity index (χ1n) is 9.88. The van der Waals surface area contributed by atoms with Crippen LogP contribution in [-0.2, 0) is 6.54 Å². The molecule has 2 N–H and O–H groups in total. The number of carbonyl (C=O) groups is 1. The summed E-state index contributed by atoms with van der Waals surface area (Å²) in [6, 6.07) is 23.2. The predicted octanol–water partition coefficient (Wildman–Crippen LogP) is 6.34. The molecule has 0 aliphatic carbocycles. The summed E-state index contributed by atoms with van der Waals surface area (Å²) in [6.07, 6.45) is 0. The Morgan fingerprint density at radius 2 is 1.75 bits per heavy atom. The van der Waals surface area contributed by atoms with Crippen molar-refractivity contribution in [2.24, 2.45) is 5.73 Å². The van der Waals surface area contributed by atoms with Gasteiger partial charge in [-0.2, -0.15) is 0 Å². The molecule has 0 aliphatic heterocycles. The molecule has 0 saturated carbocycles. The third-order valence-electron chi connectivity index (χ3n) is 5.58. The second-order valence-corrected chi connectivity index (χ2v) is 7.98. The Bertz CT molecular complexity index is 1510. The summed E-state index contributed by atoms with van der Waals surface area (Å²) < 4.78 is 29.8. The van der Waals surface area contributed by atoms with E-state index >= 15 is 0 Å². The number of halogens is 3. The maximum absolute atomic E-state index is 14.5. The van der Waals surface area contributed by atoms with Crippen LogP contribution < -0.4 is 5.73 Å². The quantitative estimate of drug-likeness (QED) is 0.344. The van der Waals surface area contributed by atoms with Crippen molar-refractivity contribution >= 4 is 39.3 Å². The van der Waals surface area contributed by atoms with Crippen LogP contribution in [0.4, 0.5) is 8.78 Å². The SMILES string of the molecule is NC(=O)c1cccc2c1c1[c]cc(-c3ccc(Cl)cc3)cc1n2Cc1ccc(F)cc1F. The minimum absolute atomic E-state index is 0.145. The second kappa shape index (κ2) is 7.77. The molecule has 1 amide bonds. The van der Waals surface area contributed by atoms with Crippen LogP contribution in [0.3, 0.4) is 0 Å². The number of aromatic nitrogens is 1. The molecule has 5 aromatic rings. The van der Waals surface area contributed by atoms with Gasteiger partial charge in [0, 0.05) is 33.0 Å². The maximum Gasteiger partial charge on any atom is 0.249 e. The van der Waals surface area contributed by atoms with Crippen molar-refractivity contribution < 1.29 is 13.6 Å². The number of hydrogen-bond donors (Lipinski definition) is 1. The molecule has 0 fully saturated rings. The summed E-state index contributed by atoms with van der Waals surface area (Å²) in [5, 5.41) is 1.99. The van der Waals surface area contributed by atoms with E-state index in [1.54, 1.807) is 24.3 Å². The highest BCUT2D eigenvalue weighted by molar-refractivity contribution is 6.30. The smallest absolute Gasteiger partial charge is 0.249 e. The summed E-state index contributed by atoms with van der Waals surface area (Å²) in [7, 11) is 0. The van der Waals surface area contributed by atoms with E-state index in [0.717, 1.165) is 22.7 Å². The summed E-state index contributed by atoms with van der Waals surface area (Å²) in [6.45, 7) is 0.145. The molecule has 0 spiro atoms. The molecule has 32 heavy (non-hydrogen) atoms. The van der Waals surface area contributed by atoms with Gasteiger partial charge in [-0.25, -0.2) is 8.78 Å². The van der Waals surface area contributed by atoms with Crippen LogP contribution >= 0.6 is 11.6 Å². The van der Waals surface area contributed by atoms with Crippen LogP contribution in [0, 0.1) is 17.7 Å². The largest absolute Gasteiger partial charge is 0.366 e. The number of rotatable bonds is 4. The van der Waals surface area contributed by atoms with Crippen LogP contribution in [0.1, 0.15) is 15.9 Å². The van der Waals surface area contributed by atoms with Gasteiger partial charge in [0.05, 0.1) is 17.6 Å². The number of benzene rings is 4. The lowest BCUT2D eigenvalue weighted by Gasteiger charge is -2.10. The van der Waals surface area contributed by atoms with Crippen LogP contribution in [0.15, 0.2) is 72.8 Å². The summed E-state index contributed by atoms with van der Waals surface area (Å²) in [5.41, 5.74) is 9.61. The van der Waals surface area contributed by atoms with E-state index in [0.29, 0.717) is 32.4 Å². The third kappa shape index (κ3) is 3.41. The van der Waals surface area contributed by atoms with Gasteiger partial charge in [0.2, 0.25) is 5.91 Å². The molecular weight excluding hydrogens is 430 g/mol. The molecule has 0 bridgehead atoms. The van der Waals surface area contributed by atoms with Crippen molar-refractivity contribution in [3.05, 3.63) is 107 Å². The fourth-order valence-electron chi connectivity index (χ4n) is 4.06. The van der Waals surface area contributed by atoms with E-state index in [2.05, 4.69) is 6.07 Å². The normalized spacial score (nSPS) is 11.3. The van der Waals surface area contributed by atoms with Crippen molar-refractivity contribution in [1.82, 2.24) is 4.57 Å². The average Bonchev–Trinajstić information content (AvgIpc) is 3.09. The van der Waals surface area contributed by atoms with Crippen molar-refractivity contribution in [3.8, 4) is 11.1 Å². The lowest BCUT2D eigenvalue weighted by Crippen LogP contribution is -2.11. The van der Waals surface area contributed by atoms with Gasteiger partial charge in [0.1, 0.15) is 11.6 Å². The summed E-state index contributed by atoms with van der Waals surface area (Å²) in [4.78, 5) is 12.1. The Balaban J connectivity index is 1.80. The monoisotopic (exact) mass is 445 g/mol. The van der Waals surface area contributed by atoms with Gasteiger partial charge in [-0.1, -0.05) is 35.9 Å². The molecule has 1 radical (unpaired) electrons. The van der Waals surface area contributed by atoms with Crippen molar-refractivity contribution in [1.29, 1.82) is 0 Å².